The Balaban J connectivity index is 1.61. The SMILES string of the molecule is O=C(N[C@@H]1CC[C@@H]1NC1CCCC1)c1ccc(C(F)(F)F)[nH]c1=O. The molecule has 132 valence electrons. The molecule has 2 aliphatic carbocycles. The lowest BCUT2D eigenvalue weighted by molar-refractivity contribution is -0.141. The molecule has 0 aromatic carbocycles. The Morgan fingerprint density at radius 3 is 2.29 bits per heavy atom. The fourth-order valence-electron chi connectivity index (χ4n) is 3.33. The third kappa shape index (κ3) is 3.63. The second kappa shape index (κ2) is 6.58. The molecule has 2 fully saturated rings. The summed E-state index contributed by atoms with van der Waals surface area (Å²) in [7, 11) is 0. The number of alkyl halides is 3. The zero-order valence-electron chi connectivity index (χ0n) is 13.1. The molecule has 0 aliphatic heterocycles. The summed E-state index contributed by atoms with van der Waals surface area (Å²) in [6, 6.07) is 2.20. The van der Waals surface area contributed by atoms with Gasteiger partial charge in [0.25, 0.3) is 11.5 Å². The first-order chi connectivity index (χ1) is 11.3. The van der Waals surface area contributed by atoms with Crippen LogP contribution in [0.15, 0.2) is 16.9 Å². The molecule has 24 heavy (non-hydrogen) atoms. The number of halogens is 3. The molecule has 1 amide bonds. The van der Waals surface area contributed by atoms with E-state index in [1.54, 1.807) is 4.98 Å². The van der Waals surface area contributed by atoms with Gasteiger partial charge in [-0.25, -0.2) is 0 Å². The van der Waals surface area contributed by atoms with Gasteiger partial charge in [0.05, 0.1) is 0 Å². The van der Waals surface area contributed by atoms with E-state index >= 15 is 0 Å². The molecule has 0 bridgehead atoms. The number of carbonyl (C=O) groups is 1. The fourth-order valence-corrected chi connectivity index (χ4v) is 3.33. The summed E-state index contributed by atoms with van der Waals surface area (Å²) in [6.45, 7) is 0. The molecule has 1 aromatic rings. The van der Waals surface area contributed by atoms with Crippen molar-refractivity contribution in [2.75, 3.05) is 0 Å². The van der Waals surface area contributed by atoms with E-state index in [2.05, 4.69) is 10.6 Å². The van der Waals surface area contributed by atoms with E-state index < -0.39 is 23.3 Å². The average Bonchev–Trinajstić information content (AvgIpc) is 3.01. The highest BCUT2D eigenvalue weighted by molar-refractivity contribution is 5.94. The van der Waals surface area contributed by atoms with Crippen molar-refractivity contribution in [3.63, 3.8) is 0 Å². The number of H-pyrrole nitrogens is 1. The van der Waals surface area contributed by atoms with Crippen molar-refractivity contribution in [1.82, 2.24) is 15.6 Å². The van der Waals surface area contributed by atoms with E-state index in [9.17, 15) is 22.8 Å². The van der Waals surface area contributed by atoms with E-state index in [1.165, 1.54) is 12.8 Å². The molecule has 5 nitrogen and oxygen atoms in total. The van der Waals surface area contributed by atoms with Crippen LogP contribution in [-0.2, 0) is 6.18 Å². The van der Waals surface area contributed by atoms with Crippen molar-refractivity contribution in [3.8, 4) is 0 Å². The van der Waals surface area contributed by atoms with Gasteiger partial charge < -0.3 is 15.6 Å². The molecule has 2 saturated carbocycles. The van der Waals surface area contributed by atoms with Gasteiger partial charge in [-0.05, 0) is 37.8 Å². The predicted octanol–water partition coefficient (Wildman–Crippen LogP) is 2.19. The summed E-state index contributed by atoms with van der Waals surface area (Å²) in [5.74, 6) is -0.632. The lowest BCUT2D eigenvalue weighted by atomic mass is 9.85. The maximum Gasteiger partial charge on any atom is 0.431 e. The number of nitrogens with one attached hydrogen (secondary N) is 3. The predicted molar refractivity (Wildman–Crippen MR) is 81.7 cm³/mol. The van der Waals surface area contributed by atoms with Crippen LogP contribution in [0.1, 0.15) is 54.6 Å². The lowest BCUT2D eigenvalue weighted by Gasteiger charge is -2.39. The van der Waals surface area contributed by atoms with Crippen molar-refractivity contribution in [2.45, 2.75) is 62.8 Å². The number of aromatic nitrogens is 1. The second-order valence-electron chi connectivity index (χ2n) is 6.52. The van der Waals surface area contributed by atoms with E-state index in [0.29, 0.717) is 12.1 Å². The Hall–Kier alpha value is -1.83. The number of hydrogen-bond donors (Lipinski definition) is 3. The maximum atomic E-state index is 12.5. The highest BCUT2D eigenvalue weighted by Gasteiger charge is 2.35. The van der Waals surface area contributed by atoms with Gasteiger partial charge in [0, 0.05) is 18.1 Å². The van der Waals surface area contributed by atoms with Gasteiger partial charge in [0.15, 0.2) is 0 Å². The maximum absolute atomic E-state index is 12.5. The fraction of sp³-hybridized carbons (Fsp3) is 0.625. The largest absolute Gasteiger partial charge is 0.431 e. The molecular weight excluding hydrogens is 323 g/mol. The molecule has 0 spiro atoms. The second-order valence-corrected chi connectivity index (χ2v) is 6.52. The topological polar surface area (TPSA) is 74.0 Å². The number of amides is 1. The monoisotopic (exact) mass is 343 g/mol. The minimum atomic E-state index is -4.64. The number of rotatable bonds is 4. The Morgan fingerprint density at radius 1 is 1.08 bits per heavy atom. The van der Waals surface area contributed by atoms with Crippen molar-refractivity contribution >= 4 is 5.91 Å². The molecule has 0 radical (unpaired) electrons. The van der Waals surface area contributed by atoms with Crippen molar-refractivity contribution in [3.05, 3.63) is 33.7 Å². The van der Waals surface area contributed by atoms with Crippen molar-refractivity contribution in [1.29, 1.82) is 0 Å². The molecule has 0 saturated heterocycles. The van der Waals surface area contributed by atoms with Gasteiger partial charge in [-0.2, -0.15) is 13.2 Å². The van der Waals surface area contributed by atoms with Crippen molar-refractivity contribution in [2.24, 2.45) is 0 Å². The van der Waals surface area contributed by atoms with Crippen LogP contribution in [0.2, 0.25) is 0 Å². The van der Waals surface area contributed by atoms with Gasteiger partial charge in [-0.1, -0.05) is 12.8 Å². The Kier molecular flexibility index (Phi) is 4.67. The minimum Gasteiger partial charge on any atom is -0.348 e. The zero-order valence-corrected chi connectivity index (χ0v) is 13.1. The average molecular weight is 343 g/mol. The number of pyridine rings is 1. The molecule has 3 rings (SSSR count). The first-order valence-corrected chi connectivity index (χ1v) is 8.22. The lowest BCUT2D eigenvalue weighted by Crippen LogP contribution is -2.59. The molecule has 2 atom stereocenters. The van der Waals surface area contributed by atoms with Crippen LogP contribution in [0.5, 0.6) is 0 Å². The molecule has 8 heteroatoms. The number of carbonyl (C=O) groups excluding carboxylic acids is 1. The van der Waals surface area contributed by atoms with Crippen LogP contribution in [-0.4, -0.2) is 29.0 Å². The van der Waals surface area contributed by atoms with Crippen LogP contribution in [0.25, 0.3) is 0 Å². The first kappa shape index (κ1) is 17.0. The Morgan fingerprint density at radius 2 is 1.75 bits per heavy atom. The summed E-state index contributed by atoms with van der Waals surface area (Å²) >= 11 is 0. The Bertz CT molecular complexity index is 665. The summed E-state index contributed by atoms with van der Waals surface area (Å²) < 4.78 is 37.6. The van der Waals surface area contributed by atoms with Crippen molar-refractivity contribution < 1.29 is 18.0 Å². The number of aromatic amines is 1. The van der Waals surface area contributed by atoms with Gasteiger partial charge in [-0.3, -0.25) is 9.59 Å². The first-order valence-electron chi connectivity index (χ1n) is 8.22. The third-order valence-corrected chi connectivity index (χ3v) is 4.86. The normalized spacial score (nSPS) is 24.6. The summed E-state index contributed by atoms with van der Waals surface area (Å²) in [4.78, 5) is 25.6. The summed E-state index contributed by atoms with van der Waals surface area (Å²) in [5.41, 5.74) is -2.48. The van der Waals surface area contributed by atoms with Gasteiger partial charge in [-0.15, -0.1) is 0 Å². The van der Waals surface area contributed by atoms with E-state index in [4.69, 9.17) is 0 Å². The van der Waals surface area contributed by atoms with Crippen LogP contribution in [0.4, 0.5) is 13.2 Å². The quantitative estimate of drug-likeness (QED) is 0.785. The van der Waals surface area contributed by atoms with E-state index in [1.807, 2.05) is 0 Å². The minimum absolute atomic E-state index is 0.0835. The van der Waals surface area contributed by atoms with Gasteiger partial charge in [0.1, 0.15) is 11.3 Å². The summed E-state index contributed by atoms with van der Waals surface area (Å²) in [6.07, 6.45) is 1.80. The zero-order chi connectivity index (χ0) is 17.3. The molecular formula is C16H20F3N3O2. The van der Waals surface area contributed by atoms with E-state index in [0.717, 1.165) is 31.7 Å². The van der Waals surface area contributed by atoms with Crippen LogP contribution < -0.4 is 16.2 Å². The molecule has 3 N–H and O–H groups in total. The molecule has 0 unspecified atom stereocenters. The summed E-state index contributed by atoms with van der Waals surface area (Å²) in [5, 5.41) is 6.27. The third-order valence-electron chi connectivity index (χ3n) is 4.86. The van der Waals surface area contributed by atoms with Gasteiger partial charge in [0.2, 0.25) is 0 Å². The Labute approximate surface area is 137 Å². The number of hydrogen-bond acceptors (Lipinski definition) is 3. The van der Waals surface area contributed by atoms with E-state index in [-0.39, 0.29) is 17.6 Å². The van der Waals surface area contributed by atoms with Crippen LogP contribution in [0, 0.1) is 0 Å². The highest BCUT2D eigenvalue weighted by atomic mass is 19.4. The smallest absolute Gasteiger partial charge is 0.348 e. The molecule has 1 aromatic heterocycles. The van der Waals surface area contributed by atoms with Gasteiger partial charge >= 0.3 is 6.18 Å². The molecule has 1 heterocycles. The standard InChI is InChI=1S/C16H20F3N3O2/c17-16(18,19)13-8-5-10(15(24)22-13)14(23)21-12-7-6-11(12)20-9-3-1-2-4-9/h5,8-9,11-12,20H,1-4,6-7H2,(H,21,23)(H,22,24)/t11-,12+/m0/s1. The van der Waals surface area contributed by atoms with Crippen LogP contribution >= 0.6 is 0 Å². The van der Waals surface area contributed by atoms with Crippen LogP contribution in [0.3, 0.4) is 0 Å². The highest BCUT2D eigenvalue weighted by Crippen LogP contribution is 2.27. The molecule has 2 aliphatic rings.